The Morgan fingerprint density at radius 1 is 1.32 bits per heavy atom. The van der Waals surface area contributed by atoms with Crippen molar-refractivity contribution in [1.29, 1.82) is 0 Å². The number of nitrogens with zero attached hydrogens (tertiary/aromatic N) is 2. The van der Waals surface area contributed by atoms with Crippen LogP contribution in [0.4, 0.5) is 11.6 Å². The molecular weight excluding hydrogens is 350 g/mol. The van der Waals surface area contributed by atoms with Gasteiger partial charge in [-0.05, 0) is 12.1 Å². The Balaban J connectivity index is 2.50. The van der Waals surface area contributed by atoms with E-state index in [-0.39, 0.29) is 32.5 Å². The van der Waals surface area contributed by atoms with E-state index < -0.39 is 10.0 Å². The van der Waals surface area contributed by atoms with Crippen LogP contribution in [0.1, 0.15) is 0 Å². The number of methoxy groups -OCH3 is 1. The number of nitrogens with one attached hydrogen (secondary N) is 1. The molecule has 22 heavy (non-hydrogen) atoms. The lowest BCUT2D eigenvalue weighted by atomic mass is 10.1. The molecule has 0 aliphatic heterocycles. The first kappa shape index (κ1) is 16.7. The maximum Gasteiger partial charge on any atom is 0.264 e. The number of sulfonamides is 1. The Morgan fingerprint density at radius 3 is 2.64 bits per heavy atom. The van der Waals surface area contributed by atoms with Crippen LogP contribution in [-0.2, 0) is 10.0 Å². The van der Waals surface area contributed by atoms with Crippen molar-refractivity contribution < 1.29 is 13.2 Å². The fourth-order valence-electron chi connectivity index (χ4n) is 1.59. The van der Waals surface area contributed by atoms with Crippen molar-refractivity contribution in [3.8, 4) is 5.88 Å². The normalized spacial score (nSPS) is 11.2. The van der Waals surface area contributed by atoms with Crippen molar-refractivity contribution in [1.82, 2.24) is 9.97 Å². The van der Waals surface area contributed by atoms with Crippen molar-refractivity contribution in [2.24, 2.45) is 0 Å². The number of hydrogen-bond acceptors (Lipinski definition) is 6. The summed E-state index contributed by atoms with van der Waals surface area (Å²) in [5.74, 6) is -0.0641. The van der Waals surface area contributed by atoms with Crippen LogP contribution in [0, 0.1) is 0 Å². The summed E-state index contributed by atoms with van der Waals surface area (Å²) in [7, 11) is -1.07. The summed E-state index contributed by atoms with van der Waals surface area (Å²) in [6, 6.07) is 4.26. The molecule has 0 amide bonds. The van der Waals surface area contributed by atoms with Crippen LogP contribution in [0.2, 0.25) is 10.0 Å². The summed E-state index contributed by atoms with van der Waals surface area (Å²) in [5, 5.41) is 0.0229. The fraction of sp³-hybridized carbons (Fsp3) is 0.0909. The minimum atomic E-state index is -4.03. The molecule has 11 heteroatoms. The van der Waals surface area contributed by atoms with E-state index in [2.05, 4.69) is 14.7 Å². The summed E-state index contributed by atoms with van der Waals surface area (Å²) < 4.78 is 32.1. The van der Waals surface area contributed by atoms with Crippen LogP contribution >= 0.6 is 23.2 Å². The van der Waals surface area contributed by atoms with Gasteiger partial charge in [0.2, 0.25) is 5.82 Å². The average molecular weight is 361 g/mol. The molecule has 0 fully saturated rings. The molecule has 0 bridgehead atoms. The van der Waals surface area contributed by atoms with E-state index >= 15 is 0 Å². The van der Waals surface area contributed by atoms with Gasteiger partial charge in [0.05, 0.1) is 17.2 Å². The van der Waals surface area contributed by atoms with Crippen LogP contribution in [0.25, 0.3) is 0 Å². The third-order valence-corrected chi connectivity index (χ3v) is 5.02. The number of nitrogen functional groups attached to an aromatic ring is 1. The highest BCUT2D eigenvalue weighted by atomic mass is 35.5. The number of benzene rings is 1. The summed E-state index contributed by atoms with van der Waals surface area (Å²) in [6.45, 7) is 0. The van der Waals surface area contributed by atoms with E-state index in [4.69, 9.17) is 33.7 Å². The number of nitrogens with two attached hydrogens (primary N) is 1. The minimum Gasteiger partial charge on any atom is -0.478 e. The van der Waals surface area contributed by atoms with Crippen molar-refractivity contribution in [2.75, 3.05) is 17.6 Å². The molecule has 0 unspecified atom stereocenters. The maximum absolute atomic E-state index is 12.4. The number of hydrogen-bond donors (Lipinski definition) is 2. The topological polar surface area (TPSA) is 107 Å². The molecule has 0 saturated carbocycles. The zero-order chi connectivity index (χ0) is 16.5. The molecular formula is C11H11BCl2N4O3S. The van der Waals surface area contributed by atoms with Gasteiger partial charge in [-0.1, -0.05) is 29.3 Å². The van der Waals surface area contributed by atoms with Gasteiger partial charge in [-0.2, -0.15) is 0 Å². The standard InChI is InChI=1S/C11H11BCl2N4O3S/c1-21-11-10(17-9(15)8(12)16-11)18-22(19,20)6-4-2-3-5(13)7(6)14/h2-4H,12H2,1H3,(H3,15,17,18). The first-order valence-electron chi connectivity index (χ1n) is 5.91. The lowest BCUT2D eigenvalue weighted by molar-refractivity contribution is 0.399. The largest absolute Gasteiger partial charge is 0.478 e. The molecule has 2 aromatic rings. The second-order valence-electron chi connectivity index (χ2n) is 4.21. The molecule has 1 heterocycles. The molecule has 0 spiro atoms. The van der Waals surface area contributed by atoms with Gasteiger partial charge in [-0.15, -0.1) is 0 Å². The number of anilines is 2. The summed E-state index contributed by atoms with van der Waals surface area (Å²) in [4.78, 5) is 7.75. The van der Waals surface area contributed by atoms with Gasteiger partial charge in [0.1, 0.15) is 10.7 Å². The SMILES string of the molecule is Bc1nc(OC)c(NS(=O)(=O)c2cccc(Cl)c2Cl)nc1N. The Kier molecular flexibility index (Phi) is 4.69. The minimum absolute atomic E-state index is 0.00609. The van der Waals surface area contributed by atoms with E-state index in [0.29, 0.717) is 5.59 Å². The van der Waals surface area contributed by atoms with Gasteiger partial charge >= 0.3 is 0 Å². The Hall–Kier alpha value is -1.71. The predicted octanol–water partition coefficient (Wildman–Crippen LogP) is 0.433. The lowest BCUT2D eigenvalue weighted by Crippen LogP contribution is -2.21. The number of ether oxygens (including phenoxy) is 1. The third kappa shape index (κ3) is 3.21. The second-order valence-corrected chi connectivity index (χ2v) is 6.65. The highest BCUT2D eigenvalue weighted by molar-refractivity contribution is 7.92. The molecule has 1 aromatic heterocycles. The van der Waals surface area contributed by atoms with Crippen molar-refractivity contribution >= 4 is 58.3 Å². The molecule has 0 saturated heterocycles. The number of aromatic nitrogens is 2. The molecule has 3 N–H and O–H groups in total. The summed E-state index contributed by atoms with van der Waals surface area (Å²) >= 11 is 11.8. The predicted molar refractivity (Wildman–Crippen MR) is 88.4 cm³/mol. The molecule has 0 atom stereocenters. The monoisotopic (exact) mass is 360 g/mol. The van der Waals surface area contributed by atoms with Gasteiger partial charge < -0.3 is 10.5 Å². The van der Waals surface area contributed by atoms with Gasteiger partial charge in [0.25, 0.3) is 15.9 Å². The fourth-order valence-corrected chi connectivity index (χ4v) is 3.36. The van der Waals surface area contributed by atoms with Crippen LogP contribution in [-0.4, -0.2) is 33.3 Å². The van der Waals surface area contributed by atoms with Crippen molar-refractivity contribution in [3.05, 3.63) is 28.2 Å². The first-order valence-corrected chi connectivity index (χ1v) is 8.15. The molecule has 2 rings (SSSR count). The summed E-state index contributed by atoms with van der Waals surface area (Å²) in [6.07, 6.45) is 0. The number of halogens is 2. The van der Waals surface area contributed by atoms with Crippen LogP contribution in [0.15, 0.2) is 23.1 Å². The van der Waals surface area contributed by atoms with E-state index in [1.54, 1.807) is 7.85 Å². The van der Waals surface area contributed by atoms with Crippen LogP contribution < -0.4 is 20.8 Å². The zero-order valence-corrected chi connectivity index (χ0v) is 13.9. The van der Waals surface area contributed by atoms with Crippen LogP contribution in [0.5, 0.6) is 5.88 Å². The Morgan fingerprint density at radius 2 is 2.00 bits per heavy atom. The van der Waals surface area contributed by atoms with Crippen molar-refractivity contribution in [2.45, 2.75) is 4.90 Å². The van der Waals surface area contributed by atoms with E-state index in [0.717, 1.165) is 0 Å². The summed E-state index contributed by atoms with van der Waals surface area (Å²) in [5.41, 5.74) is 6.06. The van der Waals surface area contributed by atoms with E-state index in [1.807, 2.05) is 0 Å². The molecule has 1 aromatic carbocycles. The van der Waals surface area contributed by atoms with Gasteiger partial charge in [-0.25, -0.2) is 18.4 Å². The van der Waals surface area contributed by atoms with Crippen molar-refractivity contribution in [3.63, 3.8) is 0 Å². The molecule has 0 aliphatic rings. The molecule has 0 aliphatic carbocycles. The smallest absolute Gasteiger partial charge is 0.264 e. The van der Waals surface area contributed by atoms with E-state index in [9.17, 15) is 8.42 Å². The zero-order valence-electron chi connectivity index (χ0n) is 11.6. The van der Waals surface area contributed by atoms with Gasteiger partial charge in [0, 0.05) is 5.59 Å². The highest BCUT2D eigenvalue weighted by Crippen LogP contribution is 2.31. The number of rotatable bonds is 4. The first-order chi connectivity index (χ1) is 10.3. The molecule has 7 nitrogen and oxygen atoms in total. The third-order valence-electron chi connectivity index (χ3n) is 2.70. The lowest BCUT2D eigenvalue weighted by Gasteiger charge is -2.13. The quantitative estimate of drug-likeness (QED) is 0.766. The molecule has 0 radical (unpaired) electrons. The maximum atomic E-state index is 12.4. The highest BCUT2D eigenvalue weighted by Gasteiger charge is 2.23. The second kappa shape index (κ2) is 6.19. The van der Waals surface area contributed by atoms with Gasteiger partial charge in [0.15, 0.2) is 7.85 Å². The van der Waals surface area contributed by atoms with Gasteiger partial charge in [-0.3, -0.25) is 4.72 Å². The van der Waals surface area contributed by atoms with Crippen LogP contribution in [0.3, 0.4) is 0 Å². The average Bonchev–Trinajstić information content (AvgIpc) is 2.45. The van der Waals surface area contributed by atoms with E-state index in [1.165, 1.54) is 25.3 Å². The molecule has 116 valence electrons. The Labute approximate surface area is 138 Å². The Bertz CT molecular complexity index is 832.